The maximum Gasteiger partial charge on any atom is 0.359 e. The van der Waals surface area contributed by atoms with Gasteiger partial charge in [-0.2, -0.15) is 9.78 Å². The van der Waals surface area contributed by atoms with Crippen molar-refractivity contribution in [2.24, 2.45) is 5.92 Å². The lowest BCUT2D eigenvalue weighted by Gasteiger charge is -2.12. The first-order chi connectivity index (χ1) is 15.4. The molecule has 1 fully saturated rings. The first-order valence-electron chi connectivity index (χ1n) is 11.0. The van der Waals surface area contributed by atoms with Gasteiger partial charge in [0.05, 0.1) is 17.7 Å². The lowest BCUT2D eigenvalue weighted by atomic mass is 10.0. The number of anilines is 1. The number of rotatable bonds is 6. The Morgan fingerprint density at radius 1 is 1.22 bits per heavy atom. The van der Waals surface area contributed by atoms with E-state index in [1.807, 2.05) is 24.3 Å². The maximum atomic E-state index is 13.5. The van der Waals surface area contributed by atoms with E-state index in [2.05, 4.69) is 24.3 Å². The molecule has 1 amide bonds. The molecule has 168 valence electrons. The number of amides is 1. The summed E-state index contributed by atoms with van der Waals surface area (Å²) in [4.78, 5) is 38.8. The van der Waals surface area contributed by atoms with Crippen molar-refractivity contribution in [1.29, 1.82) is 0 Å². The van der Waals surface area contributed by atoms with Gasteiger partial charge in [0, 0.05) is 16.7 Å². The van der Waals surface area contributed by atoms with E-state index in [0.717, 1.165) is 31.2 Å². The number of benzene rings is 1. The molecule has 0 radical (unpaired) electrons. The molecule has 1 aliphatic rings. The third-order valence-electron chi connectivity index (χ3n) is 5.89. The molecule has 7 nitrogen and oxygen atoms in total. The average Bonchev–Trinajstić information content (AvgIpc) is 3.45. The molecule has 1 saturated carbocycles. The summed E-state index contributed by atoms with van der Waals surface area (Å²) in [5.74, 6) is -0.366. The zero-order valence-corrected chi connectivity index (χ0v) is 19.3. The van der Waals surface area contributed by atoms with Crippen LogP contribution in [0.25, 0.3) is 16.5 Å². The van der Waals surface area contributed by atoms with Crippen LogP contribution in [0.3, 0.4) is 0 Å². The van der Waals surface area contributed by atoms with Gasteiger partial charge < -0.3 is 10.1 Å². The number of esters is 1. The van der Waals surface area contributed by atoms with E-state index < -0.39 is 5.97 Å². The summed E-state index contributed by atoms with van der Waals surface area (Å²) < 4.78 is 6.41. The Labute approximate surface area is 190 Å². The monoisotopic (exact) mass is 453 g/mol. The minimum atomic E-state index is -0.600. The van der Waals surface area contributed by atoms with Crippen LogP contribution in [0.15, 0.2) is 34.4 Å². The van der Waals surface area contributed by atoms with Gasteiger partial charge in [-0.15, -0.1) is 11.3 Å². The van der Waals surface area contributed by atoms with Crippen LogP contribution in [0.4, 0.5) is 5.00 Å². The molecule has 32 heavy (non-hydrogen) atoms. The summed E-state index contributed by atoms with van der Waals surface area (Å²) in [6.45, 7) is 6.10. The molecule has 0 unspecified atom stereocenters. The van der Waals surface area contributed by atoms with Crippen molar-refractivity contribution in [2.75, 3.05) is 11.9 Å². The van der Waals surface area contributed by atoms with E-state index in [1.165, 1.54) is 16.0 Å². The molecule has 1 N–H and O–H groups in total. The van der Waals surface area contributed by atoms with Crippen LogP contribution < -0.4 is 10.9 Å². The molecule has 2 aromatic heterocycles. The lowest BCUT2D eigenvalue weighted by molar-refractivity contribution is -0.119. The van der Waals surface area contributed by atoms with E-state index in [-0.39, 0.29) is 35.1 Å². The molecule has 1 aromatic carbocycles. The number of thiophene rings is 1. The molecule has 8 heteroatoms. The number of nitrogens with zero attached hydrogens (tertiary/aromatic N) is 2. The minimum absolute atomic E-state index is 0.0377. The number of hydrogen-bond donors (Lipinski definition) is 1. The van der Waals surface area contributed by atoms with Crippen LogP contribution in [0.1, 0.15) is 68.4 Å². The zero-order valence-electron chi connectivity index (χ0n) is 18.5. The number of hydrogen-bond acceptors (Lipinski definition) is 6. The highest BCUT2D eigenvalue weighted by Gasteiger charge is 2.26. The van der Waals surface area contributed by atoms with Crippen LogP contribution in [-0.2, 0) is 9.53 Å². The zero-order chi connectivity index (χ0) is 22.8. The molecule has 0 aliphatic heterocycles. The van der Waals surface area contributed by atoms with Crippen LogP contribution in [0.5, 0.6) is 0 Å². The van der Waals surface area contributed by atoms with Gasteiger partial charge >= 0.3 is 5.97 Å². The van der Waals surface area contributed by atoms with E-state index in [4.69, 9.17) is 4.74 Å². The third-order valence-corrected chi connectivity index (χ3v) is 6.78. The van der Waals surface area contributed by atoms with E-state index in [0.29, 0.717) is 22.0 Å². The van der Waals surface area contributed by atoms with Crippen molar-refractivity contribution >= 4 is 39.0 Å². The van der Waals surface area contributed by atoms with Gasteiger partial charge in [-0.05, 0) is 43.4 Å². The molecule has 3 aromatic rings. The second-order valence-electron chi connectivity index (χ2n) is 8.36. The maximum absolute atomic E-state index is 13.5. The highest BCUT2D eigenvalue weighted by Crippen LogP contribution is 2.33. The molecule has 2 heterocycles. The summed E-state index contributed by atoms with van der Waals surface area (Å²) in [7, 11) is 0. The first kappa shape index (κ1) is 22.2. The largest absolute Gasteiger partial charge is 0.461 e. The summed E-state index contributed by atoms with van der Waals surface area (Å²) in [6, 6.07) is 7.51. The fourth-order valence-corrected chi connectivity index (χ4v) is 5.01. The second-order valence-corrected chi connectivity index (χ2v) is 9.24. The Balaban J connectivity index is 1.84. The number of fused-ring (bicyclic) bond motifs is 1. The van der Waals surface area contributed by atoms with Gasteiger partial charge in [0.25, 0.3) is 5.56 Å². The van der Waals surface area contributed by atoms with E-state index in [1.54, 1.807) is 12.3 Å². The minimum Gasteiger partial charge on any atom is -0.461 e. The second kappa shape index (κ2) is 9.24. The number of nitrogens with one attached hydrogen (secondary N) is 1. The highest BCUT2D eigenvalue weighted by molar-refractivity contribution is 7.16. The highest BCUT2D eigenvalue weighted by atomic mass is 32.1. The Kier molecular flexibility index (Phi) is 6.41. The summed E-state index contributed by atoms with van der Waals surface area (Å²) in [5, 5.41) is 10.1. The Bertz CT molecular complexity index is 1200. The predicted octanol–water partition coefficient (Wildman–Crippen LogP) is 4.88. The van der Waals surface area contributed by atoms with Gasteiger partial charge in [-0.25, -0.2) is 4.79 Å². The quantitative estimate of drug-likeness (QED) is 0.538. The summed E-state index contributed by atoms with van der Waals surface area (Å²) in [6.07, 6.45) is 3.80. The van der Waals surface area contributed by atoms with Crippen molar-refractivity contribution in [3.05, 3.63) is 51.3 Å². The number of ether oxygens (including phenoxy) is 1. The van der Waals surface area contributed by atoms with Crippen LogP contribution in [-0.4, -0.2) is 28.3 Å². The Hall–Kier alpha value is -3.00. The molecule has 1 aliphatic carbocycles. The van der Waals surface area contributed by atoms with Crippen molar-refractivity contribution in [3.63, 3.8) is 0 Å². The SMILES string of the molecule is CCOC(=O)c1nn(-c2ccc(C(C)C)cc2)c(=O)c2c(NC(=O)C3CCCC3)scc12. The molecule has 0 atom stereocenters. The van der Waals surface area contributed by atoms with Crippen molar-refractivity contribution in [3.8, 4) is 5.69 Å². The fraction of sp³-hybridized carbons (Fsp3) is 0.417. The topological polar surface area (TPSA) is 90.3 Å². The summed E-state index contributed by atoms with van der Waals surface area (Å²) in [5.41, 5.74) is 1.36. The van der Waals surface area contributed by atoms with Crippen LogP contribution in [0.2, 0.25) is 0 Å². The smallest absolute Gasteiger partial charge is 0.359 e. The molecule has 0 bridgehead atoms. The molecular weight excluding hydrogens is 426 g/mol. The molecule has 0 spiro atoms. The average molecular weight is 454 g/mol. The van der Waals surface area contributed by atoms with Gasteiger partial charge in [0.2, 0.25) is 5.91 Å². The van der Waals surface area contributed by atoms with Gasteiger partial charge in [-0.3, -0.25) is 9.59 Å². The fourth-order valence-electron chi connectivity index (χ4n) is 4.07. The number of carbonyl (C=O) groups is 2. The van der Waals surface area contributed by atoms with Crippen LogP contribution >= 0.6 is 11.3 Å². The Morgan fingerprint density at radius 2 is 1.91 bits per heavy atom. The van der Waals surface area contributed by atoms with Gasteiger partial charge in [0.1, 0.15) is 5.00 Å². The molecule has 0 saturated heterocycles. The van der Waals surface area contributed by atoms with Gasteiger partial charge in [0.15, 0.2) is 5.69 Å². The number of aromatic nitrogens is 2. The van der Waals surface area contributed by atoms with Gasteiger partial charge in [-0.1, -0.05) is 38.8 Å². The molecular formula is C24H27N3O4S. The first-order valence-corrected chi connectivity index (χ1v) is 11.9. The molecule has 4 rings (SSSR count). The lowest BCUT2D eigenvalue weighted by Crippen LogP contribution is -2.26. The van der Waals surface area contributed by atoms with E-state index in [9.17, 15) is 14.4 Å². The van der Waals surface area contributed by atoms with E-state index >= 15 is 0 Å². The van der Waals surface area contributed by atoms with Crippen molar-refractivity contribution in [1.82, 2.24) is 9.78 Å². The van der Waals surface area contributed by atoms with Crippen LogP contribution in [0, 0.1) is 5.92 Å². The summed E-state index contributed by atoms with van der Waals surface area (Å²) >= 11 is 1.23. The third kappa shape index (κ3) is 4.19. The number of carbonyl (C=O) groups excluding carboxylic acids is 2. The van der Waals surface area contributed by atoms with Crippen molar-refractivity contribution < 1.29 is 14.3 Å². The predicted molar refractivity (Wildman–Crippen MR) is 126 cm³/mol. The van der Waals surface area contributed by atoms with Crippen molar-refractivity contribution in [2.45, 2.75) is 52.4 Å². The Morgan fingerprint density at radius 3 is 2.53 bits per heavy atom. The standard InChI is InChI=1S/C24H27N3O4S/c1-4-31-24(30)20-18-13-32-22(25-21(28)16-7-5-6-8-16)19(18)23(29)27(26-20)17-11-9-15(10-12-17)14(2)3/h9-14,16H,4-8H2,1-3H3,(H,25,28). The normalized spacial score (nSPS) is 14.2.